The minimum Gasteiger partial charge on any atom is -0.347 e. The molecule has 10 heteroatoms. The Labute approximate surface area is 180 Å². The van der Waals surface area contributed by atoms with E-state index in [4.69, 9.17) is 0 Å². The molecule has 0 aliphatic carbocycles. The zero-order chi connectivity index (χ0) is 22.3. The number of hydrogen-bond donors (Lipinski definition) is 2. The molecule has 162 valence electrons. The SMILES string of the molecule is CC(=O)c1ccc(S(=O)(=O)NCCC(=O)NC(Cn2cncn2)c2ccccc2)cc1. The maximum atomic E-state index is 12.5. The number of hydrogen-bond acceptors (Lipinski definition) is 6. The van der Waals surface area contributed by atoms with Gasteiger partial charge in [-0.1, -0.05) is 42.5 Å². The lowest BCUT2D eigenvalue weighted by Crippen LogP contribution is -2.34. The lowest BCUT2D eigenvalue weighted by Gasteiger charge is -2.19. The number of aromatic nitrogens is 3. The van der Waals surface area contributed by atoms with Gasteiger partial charge in [0.05, 0.1) is 17.5 Å². The second-order valence-corrected chi connectivity index (χ2v) is 8.64. The van der Waals surface area contributed by atoms with Gasteiger partial charge in [-0.15, -0.1) is 0 Å². The van der Waals surface area contributed by atoms with Crippen LogP contribution in [0.4, 0.5) is 0 Å². The van der Waals surface area contributed by atoms with E-state index in [0.29, 0.717) is 12.1 Å². The molecule has 1 amide bonds. The molecule has 0 aliphatic rings. The third kappa shape index (κ3) is 6.30. The van der Waals surface area contributed by atoms with Gasteiger partial charge in [0.15, 0.2) is 5.78 Å². The second-order valence-electron chi connectivity index (χ2n) is 6.88. The monoisotopic (exact) mass is 441 g/mol. The standard InChI is InChI=1S/C21H23N5O4S/c1-16(27)17-7-9-19(10-8-17)31(29,30)24-12-11-21(28)25-20(13-26-15-22-14-23-26)18-5-3-2-4-6-18/h2-10,14-15,20,24H,11-13H2,1H3,(H,25,28). The third-order valence-electron chi connectivity index (χ3n) is 4.59. The summed E-state index contributed by atoms with van der Waals surface area (Å²) in [4.78, 5) is 27.7. The van der Waals surface area contributed by atoms with Crippen molar-refractivity contribution in [2.75, 3.05) is 6.54 Å². The maximum absolute atomic E-state index is 12.5. The lowest BCUT2D eigenvalue weighted by molar-refractivity contribution is -0.121. The molecule has 1 unspecified atom stereocenters. The number of benzene rings is 2. The molecule has 1 aromatic heterocycles. The predicted octanol–water partition coefficient (Wildman–Crippen LogP) is 1.71. The van der Waals surface area contributed by atoms with Gasteiger partial charge in [0.1, 0.15) is 12.7 Å². The highest BCUT2D eigenvalue weighted by atomic mass is 32.2. The summed E-state index contributed by atoms with van der Waals surface area (Å²) in [6, 6.07) is 14.7. The number of carbonyl (C=O) groups excluding carboxylic acids is 2. The normalized spacial score (nSPS) is 12.3. The van der Waals surface area contributed by atoms with E-state index in [9.17, 15) is 18.0 Å². The zero-order valence-electron chi connectivity index (χ0n) is 16.9. The Kier molecular flexibility index (Phi) is 7.27. The Bertz CT molecular complexity index is 1110. The smallest absolute Gasteiger partial charge is 0.240 e. The first-order valence-electron chi connectivity index (χ1n) is 9.62. The van der Waals surface area contributed by atoms with E-state index in [1.54, 1.807) is 11.0 Å². The van der Waals surface area contributed by atoms with E-state index in [0.717, 1.165) is 5.56 Å². The van der Waals surface area contributed by atoms with Gasteiger partial charge in [-0.3, -0.25) is 14.3 Å². The minimum atomic E-state index is -3.78. The molecule has 0 saturated heterocycles. The van der Waals surface area contributed by atoms with Crippen molar-refractivity contribution < 1.29 is 18.0 Å². The van der Waals surface area contributed by atoms with Crippen molar-refractivity contribution in [3.63, 3.8) is 0 Å². The average Bonchev–Trinajstić information content (AvgIpc) is 3.27. The fraction of sp³-hybridized carbons (Fsp3) is 0.238. The summed E-state index contributed by atoms with van der Waals surface area (Å²) in [5.74, 6) is -0.448. The van der Waals surface area contributed by atoms with Gasteiger partial charge in [-0.05, 0) is 24.6 Å². The van der Waals surface area contributed by atoms with Gasteiger partial charge in [-0.25, -0.2) is 18.1 Å². The Morgan fingerprint density at radius 3 is 2.39 bits per heavy atom. The second kappa shape index (κ2) is 10.1. The maximum Gasteiger partial charge on any atom is 0.240 e. The van der Waals surface area contributed by atoms with Crippen LogP contribution < -0.4 is 10.0 Å². The summed E-state index contributed by atoms with van der Waals surface area (Å²) in [5.41, 5.74) is 1.33. The first-order chi connectivity index (χ1) is 14.8. The molecule has 0 aliphatic heterocycles. The van der Waals surface area contributed by atoms with Crippen molar-refractivity contribution in [1.82, 2.24) is 24.8 Å². The fourth-order valence-electron chi connectivity index (χ4n) is 2.95. The molecule has 2 N–H and O–H groups in total. The average molecular weight is 442 g/mol. The van der Waals surface area contributed by atoms with Crippen molar-refractivity contribution in [2.24, 2.45) is 0 Å². The molecule has 9 nitrogen and oxygen atoms in total. The van der Waals surface area contributed by atoms with Gasteiger partial charge in [0.25, 0.3) is 0 Å². The summed E-state index contributed by atoms with van der Waals surface area (Å²) in [7, 11) is -3.78. The molecule has 0 saturated carbocycles. The molecule has 3 rings (SSSR count). The van der Waals surface area contributed by atoms with Crippen LogP contribution in [0.3, 0.4) is 0 Å². The van der Waals surface area contributed by atoms with E-state index < -0.39 is 10.0 Å². The summed E-state index contributed by atoms with van der Waals surface area (Å²) < 4.78 is 28.8. The number of amides is 1. The fourth-order valence-corrected chi connectivity index (χ4v) is 3.98. The molecule has 0 radical (unpaired) electrons. The number of Topliss-reactive ketones (excluding diaryl/α,β-unsaturated/α-hetero) is 1. The topological polar surface area (TPSA) is 123 Å². The quantitative estimate of drug-likeness (QED) is 0.462. The highest BCUT2D eigenvalue weighted by molar-refractivity contribution is 7.89. The van der Waals surface area contributed by atoms with Crippen LogP contribution in [0.5, 0.6) is 0 Å². The number of rotatable bonds is 10. The molecular weight excluding hydrogens is 418 g/mol. The van der Waals surface area contributed by atoms with Crippen molar-refractivity contribution in [3.05, 3.63) is 78.4 Å². The van der Waals surface area contributed by atoms with Crippen LogP contribution in [-0.4, -0.2) is 41.4 Å². The van der Waals surface area contributed by atoms with Crippen molar-refractivity contribution in [2.45, 2.75) is 30.8 Å². The molecular formula is C21H23N5O4S. The Hall–Kier alpha value is -3.37. The Balaban J connectivity index is 1.57. The molecule has 1 heterocycles. The number of carbonyl (C=O) groups is 2. The lowest BCUT2D eigenvalue weighted by atomic mass is 10.1. The van der Waals surface area contributed by atoms with E-state index >= 15 is 0 Å². The van der Waals surface area contributed by atoms with Gasteiger partial charge < -0.3 is 5.32 Å². The first-order valence-corrected chi connectivity index (χ1v) is 11.1. The van der Waals surface area contributed by atoms with Gasteiger partial charge in [0, 0.05) is 18.5 Å². The molecule has 1 atom stereocenters. The highest BCUT2D eigenvalue weighted by Gasteiger charge is 2.18. The minimum absolute atomic E-state index is 0.0336. The van der Waals surface area contributed by atoms with Crippen LogP contribution in [0.2, 0.25) is 0 Å². The number of ketones is 1. The highest BCUT2D eigenvalue weighted by Crippen LogP contribution is 2.15. The summed E-state index contributed by atoms with van der Waals surface area (Å²) in [5, 5.41) is 6.99. The Morgan fingerprint density at radius 2 is 1.77 bits per heavy atom. The summed E-state index contributed by atoms with van der Waals surface area (Å²) >= 11 is 0. The summed E-state index contributed by atoms with van der Waals surface area (Å²) in [6.07, 6.45) is 2.95. The van der Waals surface area contributed by atoms with E-state index in [-0.39, 0.29) is 35.6 Å². The molecule has 2 aromatic carbocycles. The number of sulfonamides is 1. The largest absolute Gasteiger partial charge is 0.347 e. The van der Waals surface area contributed by atoms with E-state index in [1.165, 1.54) is 37.5 Å². The zero-order valence-corrected chi connectivity index (χ0v) is 17.7. The van der Waals surface area contributed by atoms with Gasteiger partial charge >= 0.3 is 0 Å². The molecule has 0 spiro atoms. The molecule has 3 aromatic rings. The van der Waals surface area contributed by atoms with Crippen LogP contribution in [0.1, 0.15) is 35.3 Å². The first kappa shape index (κ1) is 22.3. The number of nitrogens with zero attached hydrogens (tertiary/aromatic N) is 3. The predicted molar refractivity (Wildman–Crippen MR) is 114 cm³/mol. The van der Waals surface area contributed by atoms with Crippen LogP contribution in [0, 0.1) is 0 Å². The molecule has 0 bridgehead atoms. The van der Waals surface area contributed by atoms with Crippen LogP contribution >= 0.6 is 0 Å². The van der Waals surface area contributed by atoms with Gasteiger partial charge in [-0.2, -0.15) is 5.10 Å². The van der Waals surface area contributed by atoms with Crippen molar-refractivity contribution in [1.29, 1.82) is 0 Å². The van der Waals surface area contributed by atoms with Crippen LogP contribution in [0.25, 0.3) is 0 Å². The molecule has 31 heavy (non-hydrogen) atoms. The van der Waals surface area contributed by atoms with Gasteiger partial charge in [0.2, 0.25) is 15.9 Å². The summed E-state index contributed by atoms with van der Waals surface area (Å²) in [6.45, 7) is 1.74. The third-order valence-corrected chi connectivity index (χ3v) is 6.07. The van der Waals surface area contributed by atoms with E-state index in [2.05, 4.69) is 20.1 Å². The van der Waals surface area contributed by atoms with Crippen molar-refractivity contribution >= 4 is 21.7 Å². The van der Waals surface area contributed by atoms with Crippen LogP contribution in [-0.2, 0) is 21.4 Å². The van der Waals surface area contributed by atoms with Crippen LogP contribution in [0.15, 0.2) is 72.1 Å². The molecule has 0 fully saturated rings. The van der Waals surface area contributed by atoms with E-state index in [1.807, 2.05) is 30.3 Å². The van der Waals surface area contributed by atoms with Crippen molar-refractivity contribution in [3.8, 4) is 0 Å². The number of nitrogens with one attached hydrogen (secondary N) is 2. The Morgan fingerprint density at radius 1 is 1.06 bits per heavy atom.